The SMILES string of the molecule is CCOC(=O)[C@H](Cc1ccc(Nc2ccc(Cl)c(S(N)(=O)=O)c2)cc1)N[C@@H](C)C(=O)N1[C@@H]2CCCC[C@@H]2C[C@H]1C(=O)O. The van der Waals surface area contributed by atoms with Crippen molar-refractivity contribution < 1.29 is 32.6 Å². The second-order valence-corrected chi connectivity index (χ2v) is 12.8. The van der Waals surface area contributed by atoms with Gasteiger partial charge in [0.2, 0.25) is 15.9 Å². The molecule has 2 aromatic rings. The number of carboxylic acid groups (broad SMARTS) is 1. The second kappa shape index (κ2) is 13.4. The average Bonchev–Trinajstić information content (AvgIpc) is 3.34. The van der Waals surface area contributed by atoms with Crippen molar-refractivity contribution in [2.45, 2.75) is 81.4 Å². The zero-order valence-corrected chi connectivity index (χ0v) is 25.2. The number of hydrogen-bond acceptors (Lipinski definition) is 8. The van der Waals surface area contributed by atoms with Gasteiger partial charge in [0.15, 0.2) is 0 Å². The number of sulfonamides is 1. The van der Waals surface area contributed by atoms with E-state index in [2.05, 4.69) is 10.6 Å². The Bertz CT molecular complexity index is 1420. The standard InChI is InChI=1S/C29H37ClN4O7S/c1-3-41-29(38)23(32-17(2)27(35)34-24-7-5-4-6-19(24)15-25(34)28(36)37)14-18-8-10-20(11-9-18)33-21-12-13-22(30)26(16-21)42(31,39)40/h8-13,16-17,19,23-25,32-33H,3-7,14-15H2,1-2H3,(H,36,37)(H2,31,39,40)/t17-,19+,23-,24+,25-/m0/s1. The first kappa shape index (κ1) is 31.7. The summed E-state index contributed by atoms with van der Waals surface area (Å²) in [5.41, 5.74) is 1.90. The van der Waals surface area contributed by atoms with Crippen LogP contribution in [-0.4, -0.2) is 67.0 Å². The Labute approximate surface area is 250 Å². The van der Waals surface area contributed by atoms with Crippen molar-refractivity contribution in [2.24, 2.45) is 11.1 Å². The molecule has 1 amide bonds. The van der Waals surface area contributed by atoms with E-state index in [-0.39, 0.29) is 40.8 Å². The van der Waals surface area contributed by atoms with Crippen molar-refractivity contribution in [1.29, 1.82) is 0 Å². The predicted octanol–water partition coefficient (Wildman–Crippen LogP) is 3.43. The van der Waals surface area contributed by atoms with Gasteiger partial charge in [-0.05, 0) is 81.3 Å². The lowest BCUT2D eigenvalue weighted by Gasteiger charge is -2.35. The van der Waals surface area contributed by atoms with Gasteiger partial charge >= 0.3 is 11.9 Å². The number of carbonyl (C=O) groups is 3. The number of benzene rings is 2. The fourth-order valence-electron chi connectivity index (χ4n) is 5.97. The Morgan fingerprint density at radius 3 is 2.43 bits per heavy atom. The smallest absolute Gasteiger partial charge is 0.326 e. The molecule has 11 nitrogen and oxygen atoms in total. The van der Waals surface area contributed by atoms with E-state index in [9.17, 15) is 27.9 Å². The molecule has 0 bridgehead atoms. The number of hydrogen-bond donors (Lipinski definition) is 4. The number of fused-ring (bicyclic) bond motifs is 1. The van der Waals surface area contributed by atoms with Gasteiger partial charge in [0.25, 0.3) is 0 Å². The summed E-state index contributed by atoms with van der Waals surface area (Å²) in [5.74, 6) is -1.65. The summed E-state index contributed by atoms with van der Waals surface area (Å²) in [5, 5.41) is 21.3. The van der Waals surface area contributed by atoms with Gasteiger partial charge in [-0.2, -0.15) is 0 Å². The molecule has 0 radical (unpaired) electrons. The molecule has 5 N–H and O–H groups in total. The molecule has 0 spiro atoms. The molecule has 13 heteroatoms. The third-order valence-electron chi connectivity index (χ3n) is 7.94. The second-order valence-electron chi connectivity index (χ2n) is 10.9. The van der Waals surface area contributed by atoms with Gasteiger partial charge in [0, 0.05) is 17.4 Å². The highest BCUT2D eigenvalue weighted by atomic mass is 35.5. The van der Waals surface area contributed by atoms with Crippen molar-refractivity contribution in [2.75, 3.05) is 11.9 Å². The molecule has 1 saturated carbocycles. The Kier molecular flexibility index (Phi) is 10.1. The van der Waals surface area contributed by atoms with Crippen LogP contribution in [0.2, 0.25) is 5.02 Å². The number of anilines is 2. The van der Waals surface area contributed by atoms with Gasteiger partial charge in [-0.3, -0.25) is 14.9 Å². The summed E-state index contributed by atoms with van der Waals surface area (Å²) in [6.45, 7) is 3.52. The summed E-state index contributed by atoms with van der Waals surface area (Å²) < 4.78 is 28.8. The van der Waals surface area contributed by atoms with Gasteiger partial charge in [-0.1, -0.05) is 36.6 Å². The minimum atomic E-state index is -4.00. The maximum absolute atomic E-state index is 13.6. The van der Waals surface area contributed by atoms with Crippen LogP contribution in [0.5, 0.6) is 0 Å². The highest BCUT2D eigenvalue weighted by molar-refractivity contribution is 7.89. The van der Waals surface area contributed by atoms with Gasteiger partial charge < -0.3 is 20.1 Å². The molecule has 4 rings (SSSR count). The molecule has 1 aliphatic heterocycles. The van der Waals surface area contributed by atoms with Crippen LogP contribution >= 0.6 is 11.6 Å². The molecule has 5 atom stereocenters. The first-order chi connectivity index (χ1) is 19.9. The largest absolute Gasteiger partial charge is 0.480 e. The number of halogens is 1. The minimum absolute atomic E-state index is 0.0189. The third kappa shape index (κ3) is 7.41. The van der Waals surface area contributed by atoms with E-state index in [1.807, 2.05) is 0 Å². The van der Waals surface area contributed by atoms with Crippen LogP contribution in [0.25, 0.3) is 0 Å². The zero-order valence-electron chi connectivity index (χ0n) is 23.6. The van der Waals surface area contributed by atoms with Crippen LogP contribution in [0, 0.1) is 5.92 Å². The molecular formula is C29H37ClN4O7S. The molecule has 1 aliphatic carbocycles. The third-order valence-corrected chi connectivity index (χ3v) is 9.33. The Morgan fingerprint density at radius 2 is 1.79 bits per heavy atom. The Hall–Kier alpha value is -3.19. The van der Waals surface area contributed by atoms with Crippen molar-refractivity contribution in [1.82, 2.24) is 10.2 Å². The molecule has 1 heterocycles. The number of likely N-dealkylation sites (tertiary alicyclic amines) is 1. The number of carboxylic acids is 1. The van der Waals surface area contributed by atoms with Crippen LogP contribution in [0.15, 0.2) is 47.4 Å². The van der Waals surface area contributed by atoms with E-state index in [0.29, 0.717) is 17.8 Å². The fraction of sp³-hybridized carbons (Fsp3) is 0.483. The van der Waals surface area contributed by atoms with E-state index in [4.69, 9.17) is 21.5 Å². The number of nitrogens with two attached hydrogens (primary N) is 1. The summed E-state index contributed by atoms with van der Waals surface area (Å²) in [4.78, 5) is 39.8. The van der Waals surface area contributed by atoms with Crippen molar-refractivity contribution in [3.63, 3.8) is 0 Å². The molecular weight excluding hydrogens is 584 g/mol. The van der Waals surface area contributed by atoms with E-state index in [1.165, 1.54) is 17.0 Å². The van der Waals surface area contributed by atoms with E-state index >= 15 is 0 Å². The lowest BCUT2D eigenvalue weighted by atomic mass is 9.84. The van der Waals surface area contributed by atoms with Gasteiger partial charge in [-0.25, -0.2) is 18.4 Å². The number of amides is 1. The van der Waals surface area contributed by atoms with E-state index < -0.39 is 40.1 Å². The number of nitrogens with zero attached hydrogens (tertiary/aromatic N) is 1. The summed E-state index contributed by atoms with van der Waals surface area (Å²) in [6.07, 6.45) is 4.39. The number of aliphatic carboxylic acids is 1. The Balaban J connectivity index is 1.46. The number of carbonyl (C=O) groups excluding carboxylic acids is 2. The minimum Gasteiger partial charge on any atom is -0.480 e. The van der Waals surface area contributed by atoms with E-state index in [0.717, 1.165) is 31.2 Å². The number of ether oxygens (including phenoxy) is 1. The predicted molar refractivity (Wildman–Crippen MR) is 158 cm³/mol. The summed E-state index contributed by atoms with van der Waals surface area (Å²) in [7, 11) is -4.00. The van der Waals surface area contributed by atoms with Crippen LogP contribution in [-0.2, 0) is 35.6 Å². The molecule has 1 saturated heterocycles. The lowest BCUT2D eigenvalue weighted by Crippen LogP contribution is -2.56. The zero-order chi connectivity index (χ0) is 30.6. The van der Waals surface area contributed by atoms with Gasteiger partial charge in [0.1, 0.15) is 17.0 Å². The lowest BCUT2D eigenvalue weighted by molar-refractivity contribution is -0.151. The van der Waals surface area contributed by atoms with Crippen molar-refractivity contribution >= 4 is 50.8 Å². The monoisotopic (exact) mass is 620 g/mol. The Morgan fingerprint density at radius 1 is 1.12 bits per heavy atom. The number of nitrogens with one attached hydrogen (secondary N) is 2. The molecule has 0 aromatic heterocycles. The molecule has 2 fully saturated rings. The van der Waals surface area contributed by atoms with Crippen LogP contribution in [0.1, 0.15) is 51.5 Å². The van der Waals surface area contributed by atoms with Crippen LogP contribution in [0.4, 0.5) is 11.4 Å². The first-order valence-electron chi connectivity index (χ1n) is 14.0. The van der Waals surface area contributed by atoms with Crippen molar-refractivity contribution in [3.05, 3.63) is 53.1 Å². The summed E-state index contributed by atoms with van der Waals surface area (Å²) in [6, 6.07) is 8.92. The highest BCUT2D eigenvalue weighted by Gasteiger charge is 2.48. The van der Waals surface area contributed by atoms with Gasteiger partial charge in [0.05, 0.1) is 17.7 Å². The first-order valence-corrected chi connectivity index (χ1v) is 16.0. The highest BCUT2D eigenvalue weighted by Crippen LogP contribution is 2.40. The van der Waals surface area contributed by atoms with Crippen LogP contribution in [0.3, 0.4) is 0 Å². The van der Waals surface area contributed by atoms with E-state index in [1.54, 1.807) is 44.2 Å². The molecule has 2 aromatic carbocycles. The molecule has 42 heavy (non-hydrogen) atoms. The molecule has 0 unspecified atom stereocenters. The number of primary sulfonamides is 1. The van der Waals surface area contributed by atoms with Crippen LogP contribution < -0.4 is 15.8 Å². The maximum Gasteiger partial charge on any atom is 0.326 e. The number of rotatable bonds is 11. The quantitative estimate of drug-likeness (QED) is 0.275. The number of esters is 1. The topological polar surface area (TPSA) is 168 Å². The normalized spacial score (nSPS) is 21.7. The fourth-order valence-corrected chi connectivity index (χ4v) is 7.04. The summed E-state index contributed by atoms with van der Waals surface area (Å²) >= 11 is 5.96. The average molecular weight is 621 g/mol. The van der Waals surface area contributed by atoms with Gasteiger partial charge in [-0.15, -0.1) is 0 Å². The van der Waals surface area contributed by atoms with Crippen molar-refractivity contribution in [3.8, 4) is 0 Å². The molecule has 228 valence electrons. The maximum atomic E-state index is 13.6. The molecule has 2 aliphatic rings.